The monoisotopic (exact) mass is 362 g/mol. The van der Waals surface area contributed by atoms with Gasteiger partial charge in [0.25, 0.3) is 15.9 Å². The molecule has 0 aliphatic rings. The molecule has 0 radical (unpaired) electrons. The minimum absolute atomic E-state index is 0.0277. The summed E-state index contributed by atoms with van der Waals surface area (Å²) in [5.41, 5.74) is 1.79. The van der Waals surface area contributed by atoms with E-state index in [1.807, 2.05) is 19.1 Å². The summed E-state index contributed by atoms with van der Waals surface area (Å²) in [5.74, 6) is -0.434. The minimum atomic E-state index is -3.79. The Morgan fingerprint density at radius 1 is 1.20 bits per heavy atom. The van der Waals surface area contributed by atoms with Crippen LogP contribution >= 0.6 is 0 Å². The zero-order valence-corrected chi connectivity index (χ0v) is 15.2. The first-order valence-electron chi connectivity index (χ1n) is 7.83. The van der Waals surface area contributed by atoms with Crippen LogP contribution in [-0.4, -0.2) is 39.1 Å². The van der Waals surface area contributed by atoms with Gasteiger partial charge in [-0.2, -0.15) is 0 Å². The van der Waals surface area contributed by atoms with E-state index in [0.717, 1.165) is 5.56 Å². The van der Waals surface area contributed by atoms with Crippen LogP contribution in [0.25, 0.3) is 0 Å². The fourth-order valence-corrected chi connectivity index (χ4v) is 3.44. The van der Waals surface area contributed by atoms with Crippen LogP contribution in [0.5, 0.6) is 0 Å². The molecule has 0 bridgehead atoms. The number of aliphatic hydroxyl groups is 1. The van der Waals surface area contributed by atoms with E-state index in [4.69, 9.17) is 5.11 Å². The number of hydrogen-bond acceptors (Lipinski definition) is 4. The number of rotatable bonds is 6. The van der Waals surface area contributed by atoms with Gasteiger partial charge >= 0.3 is 0 Å². The van der Waals surface area contributed by atoms with E-state index >= 15 is 0 Å². The van der Waals surface area contributed by atoms with Crippen molar-refractivity contribution in [3.05, 3.63) is 59.7 Å². The minimum Gasteiger partial charge on any atom is -0.394 e. The van der Waals surface area contributed by atoms with Gasteiger partial charge in [-0.05, 0) is 44.2 Å². The average Bonchev–Trinajstić information content (AvgIpc) is 2.61. The quantitative estimate of drug-likeness (QED) is 0.822. The number of nitrogens with zero attached hydrogens (tertiary/aromatic N) is 1. The Hall–Kier alpha value is -2.38. The first-order valence-corrected chi connectivity index (χ1v) is 9.27. The van der Waals surface area contributed by atoms with Gasteiger partial charge in [-0.1, -0.05) is 23.8 Å². The fourth-order valence-electron chi connectivity index (χ4n) is 2.20. The molecule has 0 unspecified atom stereocenters. The largest absolute Gasteiger partial charge is 0.394 e. The van der Waals surface area contributed by atoms with Gasteiger partial charge in [0, 0.05) is 18.7 Å². The maximum absolute atomic E-state index is 12.8. The van der Waals surface area contributed by atoms with Crippen molar-refractivity contribution in [3.8, 4) is 0 Å². The van der Waals surface area contributed by atoms with Crippen LogP contribution in [-0.2, 0) is 10.0 Å². The number of nitrogens with one attached hydrogen (secondary N) is 1. The molecule has 0 saturated carbocycles. The van der Waals surface area contributed by atoms with Gasteiger partial charge in [0.15, 0.2) is 0 Å². The van der Waals surface area contributed by atoms with Gasteiger partial charge in [0.2, 0.25) is 0 Å². The molecule has 0 heterocycles. The summed E-state index contributed by atoms with van der Waals surface area (Å²) >= 11 is 0. The highest BCUT2D eigenvalue weighted by Crippen LogP contribution is 2.23. The molecular weight excluding hydrogens is 340 g/mol. The van der Waals surface area contributed by atoms with E-state index in [0.29, 0.717) is 5.69 Å². The summed E-state index contributed by atoms with van der Waals surface area (Å²) < 4.78 is 26.8. The van der Waals surface area contributed by atoms with Gasteiger partial charge in [-0.3, -0.25) is 9.10 Å². The lowest BCUT2D eigenvalue weighted by atomic mass is 10.2. The topological polar surface area (TPSA) is 86.7 Å². The Bertz CT molecular complexity index is 848. The summed E-state index contributed by atoms with van der Waals surface area (Å²) in [7, 11) is -2.32. The summed E-state index contributed by atoms with van der Waals surface area (Å²) in [6, 6.07) is 12.6. The molecule has 1 amide bonds. The van der Waals surface area contributed by atoms with Crippen molar-refractivity contribution in [2.24, 2.45) is 0 Å². The van der Waals surface area contributed by atoms with Gasteiger partial charge < -0.3 is 10.4 Å². The molecule has 134 valence electrons. The lowest BCUT2D eigenvalue weighted by Gasteiger charge is -2.20. The summed E-state index contributed by atoms with van der Waals surface area (Å²) in [6.07, 6.45) is 0. The molecule has 0 aliphatic heterocycles. The third-order valence-electron chi connectivity index (χ3n) is 3.80. The molecule has 0 aromatic heterocycles. The third-order valence-corrected chi connectivity index (χ3v) is 5.59. The Balaban J connectivity index is 2.32. The number of aliphatic hydroxyl groups excluding tert-OH is 1. The Morgan fingerprint density at radius 2 is 1.84 bits per heavy atom. The van der Waals surface area contributed by atoms with E-state index in [9.17, 15) is 13.2 Å². The van der Waals surface area contributed by atoms with Crippen molar-refractivity contribution in [1.82, 2.24) is 5.32 Å². The standard InChI is InChI=1S/C18H22N2O4S/c1-13-7-9-16(10-8-13)20(3)25(23,24)17-6-4-5-15(11-17)18(22)19-14(2)12-21/h4-11,14,21H,12H2,1-3H3,(H,19,22)/t14-/m1/s1. The zero-order chi connectivity index (χ0) is 18.6. The van der Waals surface area contributed by atoms with Crippen LogP contribution < -0.4 is 9.62 Å². The first kappa shape index (κ1) is 19.0. The van der Waals surface area contributed by atoms with Gasteiger partial charge in [-0.25, -0.2) is 8.42 Å². The maximum atomic E-state index is 12.8. The molecule has 2 rings (SSSR count). The molecule has 0 spiro atoms. The first-order chi connectivity index (χ1) is 11.8. The van der Waals surface area contributed by atoms with Crippen molar-refractivity contribution in [2.75, 3.05) is 18.0 Å². The normalized spacial score (nSPS) is 12.5. The number of anilines is 1. The molecule has 2 aromatic carbocycles. The molecule has 0 saturated heterocycles. The zero-order valence-electron chi connectivity index (χ0n) is 14.4. The Morgan fingerprint density at radius 3 is 2.44 bits per heavy atom. The molecule has 25 heavy (non-hydrogen) atoms. The van der Waals surface area contributed by atoms with Crippen molar-refractivity contribution in [1.29, 1.82) is 0 Å². The van der Waals surface area contributed by atoms with Crippen molar-refractivity contribution < 1.29 is 18.3 Å². The van der Waals surface area contributed by atoms with Crippen LogP contribution in [0.4, 0.5) is 5.69 Å². The predicted octanol–water partition coefficient (Wildman–Crippen LogP) is 1.93. The highest BCUT2D eigenvalue weighted by Gasteiger charge is 2.22. The van der Waals surface area contributed by atoms with E-state index in [1.54, 1.807) is 19.1 Å². The summed E-state index contributed by atoms with van der Waals surface area (Å²) in [5, 5.41) is 11.6. The molecule has 2 N–H and O–H groups in total. The van der Waals surface area contributed by atoms with Crippen LogP contribution in [0.15, 0.2) is 53.4 Å². The summed E-state index contributed by atoms with van der Waals surface area (Å²) in [4.78, 5) is 12.2. The number of amides is 1. The van der Waals surface area contributed by atoms with E-state index < -0.39 is 22.0 Å². The van der Waals surface area contributed by atoms with Gasteiger partial charge in [-0.15, -0.1) is 0 Å². The highest BCUT2D eigenvalue weighted by molar-refractivity contribution is 7.92. The SMILES string of the molecule is Cc1ccc(N(C)S(=O)(=O)c2cccc(C(=O)N[C@H](C)CO)c2)cc1. The second kappa shape index (κ2) is 7.67. The molecule has 0 fully saturated rings. The number of carbonyl (C=O) groups excluding carboxylic acids is 1. The third kappa shape index (κ3) is 4.37. The molecular formula is C18H22N2O4S. The highest BCUT2D eigenvalue weighted by atomic mass is 32.2. The van der Waals surface area contributed by atoms with Crippen LogP contribution in [0.2, 0.25) is 0 Å². The van der Waals surface area contributed by atoms with Crippen molar-refractivity contribution in [3.63, 3.8) is 0 Å². The van der Waals surface area contributed by atoms with Crippen LogP contribution in [0, 0.1) is 6.92 Å². The van der Waals surface area contributed by atoms with E-state index in [2.05, 4.69) is 5.32 Å². The molecule has 2 aromatic rings. The van der Waals surface area contributed by atoms with Crippen molar-refractivity contribution in [2.45, 2.75) is 24.8 Å². The maximum Gasteiger partial charge on any atom is 0.264 e. The van der Waals surface area contributed by atoms with Crippen LogP contribution in [0.3, 0.4) is 0 Å². The smallest absolute Gasteiger partial charge is 0.264 e. The second-order valence-electron chi connectivity index (χ2n) is 5.89. The van der Waals surface area contributed by atoms with Gasteiger partial charge in [0.1, 0.15) is 0 Å². The number of sulfonamides is 1. The Labute approximate surface area is 148 Å². The second-order valence-corrected chi connectivity index (χ2v) is 7.86. The molecule has 1 atom stereocenters. The van der Waals surface area contributed by atoms with Crippen molar-refractivity contribution >= 4 is 21.6 Å². The van der Waals surface area contributed by atoms with Gasteiger partial charge in [0.05, 0.1) is 17.2 Å². The molecule has 0 aliphatic carbocycles. The predicted molar refractivity (Wildman–Crippen MR) is 97.2 cm³/mol. The Kier molecular flexibility index (Phi) is 5.81. The van der Waals surface area contributed by atoms with Crippen LogP contribution in [0.1, 0.15) is 22.8 Å². The number of benzene rings is 2. The summed E-state index contributed by atoms with van der Waals surface area (Å²) in [6.45, 7) is 3.39. The molecule has 7 heteroatoms. The van der Waals surface area contributed by atoms with E-state index in [1.165, 1.54) is 35.6 Å². The number of carbonyl (C=O) groups is 1. The molecule has 6 nitrogen and oxygen atoms in total. The van der Waals surface area contributed by atoms with E-state index in [-0.39, 0.29) is 17.1 Å². The number of aryl methyl sites for hydroxylation is 1. The fraction of sp³-hybridized carbons (Fsp3) is 0.278. The lowest BCUT2D eigenvalue weighted by Crippen LogP contribution is -2.35. The number of hydrogen-bond donors (Lipinski definition) is 2. The lowest BCUT2D eigenvalue weighted by molar-refractivity contribution is 0.0922. The average molecular weight is 362 g/mol.